The molecule has 0 bridgehead atoms. The van der Waals surface area contributed by atoms with Crippen molar-refractivity contribution in [3.63, 3.8) is 0 Å². The number of nitro groups is 1. The van der Waals surface area contributed by atoms with E-state index >= 15 is 0 Å². The number of nitro benzene ring substituents is 1. The van der Waals surface area contributed by atoms with Gasteiger partial charge in [-0.1, -0.05) is 6.42 Å². The van der Waals surface area contributed by atoms with E-state index in [1.54, 1.807) is 13.8 Å². The molecule has 9 heteroatoms. The van der Waals surface area contributed by atoms with Crippen molar-refractivity contribution < 1.29 is 13.3 Å². The third-order valence-electron chi connectivity index (χ3n) is 4.33. The Kier molecular flexibility index (Phi) is 6.75. The Bertz CT molecular complexity index is 698. The highest BCUT2D eigenvalue weighted by molar-refractivity contribution is 7.89. The first-order valence-electron chi connectivity index (χ1n) is 7.69. The second kappa shape index (κ2) is 7.77. The number of piperidine rings is 1. The molecule has 7 nitrogen and oxygen atoms in total. The number of benzene rings is 1. The molecule has 1 heterocycles. The van der Waals surface area contributed by atoms with E-state index < -0.39 is 14.9 Å². The summed E-state index contributed by atoms with van der Waals surface area (Å²) in [6, 6.07) is 2.13. The van der Waals surface area contributed by atoms with Gasteiger partial charge in [0.15, 0.2) is 0 Å². The van der Waals surface area contributed by atoms with Gasteiger partial charge >= 0.3 is 0 Å². The fourth-order valence-electron chi connectivity index (χ4n) is 3.31. The minimum absolute atomic E-state index is 0. The van der Waals surface area contributed by atoms with E-state index in [0.29, 0.717) is 17.7 Å². The van der Waals surface area contributed by atoms with Crippen molar-refractivity contribution in [3.8, 4) is 0 Å². The smallest absolute Gasteiger partial charge is 0.270 e. The Morgan fingerprint density at radius 3 is 2.29 bits per heavy atom. The van der Waals surface area contributed by atoms with E-state index in [1.807, 2.05) is 6.92 Å². The quantitative estimate of drug-likeness (QED) is 0.640. The third-order valence-corrected chi connectivity index (χ3v) is 6.56. The molecule has 0 spiro atoms. The van der Waals surface area contributed by atoms with Gasteiger partial charge in [-0.15, -0.1) is 12.4 Å². The van der Waals surface area contributed by atoms with Gasteiger partial charge in [0.05, 0.1) is 9.82 Å². The molecule has 2 N–H and O–H groups in total. The Labute approximate surface area is 148 Å². The number of halogens is 1. The number of sulfonamides is 1. The van der Waals surface area contributed by atoms with E-state index in [9.17, 15) is 18.5 Å². The average Bonchev–Trinajstić information content (AvgIpc) is 2.46. The van der Waals surface area contributed by atoms with Crippen molar-refractivity contribution in [2.75, 3.05) is 6.54 Å². The van der Waals surface area contributed by atoms with Gasteiger partial charge in [-0.25, -0.2) is 8.42 Å². The molecule has 24 heavy (non-hydrogen) atoms. The first-order chi connectivity index (χ1) is 10.7. The van der Waals surface area contributed by atoms with Gasteiger partial charge in [-0.3, -0.25) is 10.1 Å². The van der Waals surface area contributed by atoms with Gasteiger partial charge in [0, 0.05) is 30.8 Å². The summed E-state index contributed by atoms with van der Waals surface area (Å²) < 4.78 is 27.7. The molecule has 1 aromatic carbocycles. The maximum atomic E-state index is 13.1. The second-order valence-corrected chi connectivity index (χ2v) is 8.03. The first kappa shape index (κ1) is 20.8. The highest BCUT2D eigenvalue weighted by Crippen LogP contribution is 2.32. The largest absolute Gasteiger partial charge is 0.326 e. The lowest BCUT2D eigenvalue weighted by atomic mass is 10.00. The highest BCUT2D eigenvalue weighted by atomic mass is 35.5. The summed E-state index contributed by atoms with van der Waals surface area (Å²) in [5.41, 5.74) is 6.67. The minimum Gasteiger partial charge on any atom is -0.326 e. The van der Waals surface area contributed by atoms with Crippen molar-refractivity contribution in [2.45, 2.75) is 57.0 Å². The monoisotopic (exact) mass is 377 g/mol. The van der Waals surface area contributed by atoms with Crippen LogP contribution in [0.15, 0.2) is 17.0 Å². The SMILES string of the molecule is Cc1cc([N+](=O)[O-])cc(C)c1S(=O)(=O)N1CCCCC1C(C)N.Cl. The molecule has 0 radical (unpaired) electrons. The first-order valence-corrected chi connectivity index (χ1v) is 9.13. The van der Waals surface area contributed by atoms with E-state index in [1.165, 1.54) is 16.4 Å². The van der Waals surface area contributed by atoms with Crippen molar-refractivity contribution in [3.05, 3.63) is 33.4 Å². The molecule has 2 rings (SSSR count). The summed E-state index contributed by atoms with van der Waals surface area (Å²) in [7, 11) is -3.73. The summed E-state index contributed by atoms with van der Waals surface area (Å²) >= 11 is 0. The van der Waals surface area contributed by atoms with Gasteiger partial charge in [0.2, 0.25) is 10.0 Å². The number of hydrogen-bond donors (Lipinski definition) is 1. The molecule has 0 aromatic heterocycles. The number of non-ortho nitro benzene ring substituents is 1. The second-order valence-electron chi connectivity index (χ2n) is 6.20. The molecule has 1 aliphatic rings. The minimum atomic E-state index is -3.73. The standard InChI is InChI=1S/C15H23N3O4S.ClH/c1-10-8-13(18(19)20)9-11(2)15(10)23(21,22)17-7-5-4-6-14(17)12(3)16;/h8-9,12,14H,4-7,16H2,1-3H3;1H. The molecule has 0 amide bonds. The predicted octanol–water partition coefficient (Wildman–Crippen LogP) is 2.52. The number of hydrogen-bond acceptors (Lipinski definition) is 5. The van der Waals surface area contributed by atoms with Crippen LogP contribution < -0.4 is 5.73 Å². The number of nitrogens with two attached hydrogens (primary N) is 1. The zero-order valence-electron chi connectivity index (χ0n) is 14.1. The Balaban J connectivity index is 0.00000288. The molecule has 136 valence electrons. The number of aryl methyl sites for hydroxylation is 2. The predicted molar refractivity (Wildman–Crippen MR) is 95.0 cm³/mol. The normalized spacial score (nSPS) is 20.2. The Hall–Kier alpha value is -1.22. The zero-order valence-corrected chi connectivity index (χ0v) is 15.7. The molecule has 1 aliphatic heterocycles. The van der Waals surface area contributed by atoms with Crippen LogP contribution in [0.2, 0.25) is 0 Å². The van der Waals surface area contributed by atoms with Gasteiger partial charge < -0.3 is 5.73 Å². The van der Waals surface area contributed by atoms with Crippen LogP contribution >= 0.6 is 12.4 Å². The lowest BCUT2D eigenvalue weighted by Crippen LogP contribution is -2.51. The molecule has 2 unspecified atom stereocenters. The summed E-state index contributed by atoms with van der Waals surface area (Å²) in [5.74, 6) is 0. The van der Waals surface area contributed by atoms with Crippen molar-refractivity contribution in [2.24, 2.45) is 5.73 Å². The van der Waals surface area contributed by atoms with Gasteiger partial charge in [-0.2, -0.15) is 4.31 Å². The topological polar surface area (TPSA) is 107 Å². The fraction of sp³-hybridized carbons (Fsp3) is 0.600. The molecule has 2 atom stereocenters. The maximum absolute atomic E-state index is 13.1. The van der Waals surface area contributed by atoms with Crippen LogP contribution in [0.1, 0.15) is 37.3 Å². The van der Waals surface area contributed by atoms with E-state index in [4.69, 9.17) is 5.73 Å². The van der Waals surface area contributed by atoms with Crippen LogP contribution in [0, 0.1) is 24.0 Å². The van der Waals surface area contributed by atoms with Crippen LogP contribution in [-0.2, 0) is 10.0 Å². The molecule has 1 saturated heterocycles. The van der Waals surface area contributed by atoms with Crippen LogP contribution in [0.3, 0.4) is 0 Å². The van der Waals surface area contributed by atoms with Crippen LogP contribution in [0.4, 0.5) is 5.69 Å². The number of nitrogens with zero attached hydrogens (tertiary/aromatic N) is 2. The Morgan fingerprint density at radius 2 is 1.83 bits per heavy atom. The van der Waals surface area contributed by atoms with Crippen molar-refractivity contribution in [1.82, 2.24) is 4.31 Å². The third kappa shape index (κ3) is 3.88. The van der Waals surface area contributed by atoms with E-state index in [2.05, 4.69) is 0 Å². The lowest BCUT2D eigenvalue weighted by Gasteiger charge is -2.37. The number of rotatable bonds is 4. The van der Waals surface area contributed by atoms with Crippen LogP contribution in [0.25, 0.3) is 0 Å². The van der Waals surface area contributed by atoms with E-state index in [-0.39, 0.29) is 35.1 Å². The molecule has 0 aliphatic carbocycles. The van der Waals surface area contributed by atoms with E-state index in [0.717, 1.165) is 19.3 Å². The molecule has 0 saturated carbocycles. The van der Waals surface area contributed by atoms with Gasteiger partial charge in [-0.05, 0) is 44.7 Å². The van der Waals surface area contributed by atoms with Crippen molar-refractivity contribution in [1.29, 1.82) is 0 Å². The summed E-state index contributed by atoms with van der Waals surface area (Å²) in [5, 5.41) is 10.9. The van der Waals surface area contributed by atoms with Crippen LogP contribution in [-0.4, -0.2) is 36.3 Å². The fourth-order valence-corrected chi connectivity index (χ4v) is 5.50. The zero-order chi connectivity index (χ0) is 17.4. The molecule has 1 aromatic rings. The maximum Gasteiger partial charge on any atom is 0.270 e. The summed E-state index contributed by atoms with van der Waals surface area (Å²) in [6.45, 7) is 5.44. The van der Waals surface area contributed by atoms with Crippen molar-refractivity contribution >= 4 is 28.1 Å². The Morgan fingerprint density at radius 1 is 1.29 bits per heavy atom. The molecular weight excluding hydrogens is 354 g/mol. The van der Waals surface area contributed by atoms with Crippen LogP contribution in [0.5, 0.6) is 0 Å². The molecule has 1 fully saturated rings. The average molecular weight is 378 g/mol. The highest BCUT2D eigenvalue weighted by Gasteiger charge is 2.37. The van der Waals surface area contributed by atoms with Gasteiger partial charge in [0.1, 0.15) is 0 Å². The summed E-state index contributed by atoms with van der Waals surface area (Å²) in [4.78, 5) is 10.6. The molecular formula is C15H24ClN3O4S. The van der Waals surface area contributed by atoms with Gasteiger partial charge in [0.25, 0.3) is 5.69 Å². The summed E-state index contributed by atoms with van der Waals surface area (Å²) in [6.07, 6.45) is 2.49. The lowest BCUT2D eigenvalue weighted by molar-refractivity contribution is -0.385.